The highest BCUT2D eigenvalue weighted by Gasteiger charge is 2.44. The fraction of sp³-hybridized carbons (Fsp3) is 0.667. The molecular formula is C6H10N4. The molecule has 1 aliphatic carbocycles. The Hall–Kier alpha value is -0.900. The normalized spacial score (nSPS) is 20.9. The molecule has 1 aromatic rings. The summed E-state index contributed by atoms with van der Waals surface area (Å²) < 4.78 is 1.87. The standard InChI is InChI=1S/C6H10N4/c7-3-6(1-2-6)10-5-8-4-9-10/h4-5H,1-3,7H2. The third-order valence-corrected chi connectivity index (χ3v) is 2.11. The van der Waals surface area contributed by atoms with E-state index < -0.39 is 0 Å². The van der Waals surface area contributed by atoms with Gasteiger partial charge in [-0.3, -0.25) is 0 Å². The summed E-state index contributed by atoms with van der Waals surface area (Å²) in [6, 6.07) is 0. The number of aromatic nitrogens is 3. The van der Waals surface area contributed by atoms with E-state index in [1.54, 1.807) is 12.7 Å². The van der Waals surface area contributed by atoms with Crippen molar-refractivity contribution in [3.63, 3.8) is 0 Å². The lowest BCUT2D eigenvalue weighted by molar-refractivity contribution is 0.440. The molecule has 1 aromatic heterocycles. The van der Waals surface area contributed by atoms with Crippen LogP contribution in [0.3, 0.4) is 0 Å². The molecule has 1 aliphatic rings. The summed E-state index contributed by atoms with van der Waals surface area (Å²) in [5.41, 5.74) is 5.71. The molecule has 2 N–H and O–H groups in total. The highest BCUT2D eigenvalue weighted by Crippen LogP contribution is 2.41. The molecule has 0 spiro atoms. The Morgan fingerprint density at radius 1 is 1.60 bits per heavy atom. The average Bonchev–Trinajstić information content (AvgIpc) is 2.58. The molecule has 4 heteroatoms. The van der Waals surface area contributed by atoms with Crippen molar-refractivity contribution in [3.05, 3.63) is 12.7 Å². The van der Waals surface area contributed by atoms with Crippen molar-refractivity contribution >= 4 is 0 Å². The topological polar surface area (TPSA) is 56.7 Å². The number of rotatable bonds is 2. The maximum atomic E-state index is 5.57. The van der Waals surface area contributed by atoms with Crippen LogP contribution < -0.4 is 5.73 Å². The smallest absolute Gasteiger partial charge is 0.137 e. The predicted octanol–water partition coefficient (Wildman–Crippen LogP) is -0.274. The van der Waals surface area contributed by atoms with Crippen LogP contribution in [-0.2, 0) is 5.54 Å². The van der Waals surface area contributed by atoms with Gasteiger partial charge in [0.05, 0.1) is 5.54 Å². The lowest BCUT2D eigenvalue weighted by atomic mass is 10.3. The van der Waals surface area contributed by atoms with Crippen LogP contribution in [0.15, 0.2) is 12.7 Å². The Kier molecular flexibility index (Phi) is 1.05. The van der Waals surface area contributed by atoms with E-state index in [-0.39, 0.29) is 5.54 Å². The number of hydrogen-bond donors (Lipinski definition) is 1. The highest BCUT2D eigenvalue weighted by molar-refractivity contribution is 4.99. The van der Waals surface area contributed by atoms with Crippen molar-refractivity contribution < 1.29 is 0 Å². The quantitative estimate of drug-likeness (QED) is 0.611. The van der Waals surface area contributed by atoms with Crippen LogP contribution in [0.5, 0.6) is 0 Å². The summed E-state index contributed by atoms with van der Waals surface area (Å²) >= 11 is 0. The second kappa shape index (κ2) is 1.79. The van der Waals surface area contributed by atoms with Gasteiger partial charge in [0, 0.05) is 6.54 Å². The van der Waals surface area contributed by atoms with Crippen molar-refractivity contribution in [2.75, 3.05) is 6.54 Å². The van der Waals surface area contributed by atoms with E-state index in [0.717, 1.165) is 12.8 Å². The lowest BCUT2D eigenvalue weighted by Gasteiger charge is -2.10. The fourth-order valence-electron chi connectivity index (χ4n) is 1.12. The number of hydrogen-bond acceptors (Lipinski definition) is 3. The third-order valence-electron chi connectivity index (χ3n) is 2.11. The first kappa shape index (κ1) is 5.85. The molecule has 4 nitrogen and oxygen atoms in total. The van der Waals surface area contributed by atoms with E-state index in [9.17, 15) is 0 Å². The largest absolute Gasteiger partial charge is 0.328 e. The van der Waals surface area contributed by atoms with E-state index in [1.165, 1.54) is 0 Å². The first-order chi connectivity index (χ1) is 4.87. The number of nitrogens with two attached hydrogens (primary N) is 1. The van der Waals surface area contributed by atoms with E-state index in [1.807, 2.05) is 4.68 Å². The van der Waals surface area contributed by atoms with E-state index in [2.05, 4.69) is 10.1 Å². The van der Waals surface area contributed by atoms with Crippen molar-refractivity contribution in [1.29, 1.82) is 0 Å². The van der Waals surface area contributed by atoms with Crippen molar-refractivity contribution in [2.24, 2.45) is 5.73 Å². The zero-order valence-electron chi connectivity index (χ0n) is 5.70. The van der Waals surface area contributed by atoms with Gasteiger partial charge >= 0.3 is 0 Å². The van der Waals surface area contributed by atoms with Gasteiger partial charge in [0.2, 0.25) is 0 Å². The van der Waals surface area contributed by atoms with E-state index in [4.69, 9.17) is 5.73 Å². The van der Waals surface area contributed by atoms with Crippen LogP contribution in [0.2, 0.25) is 0 Å². The van der Waals surface area contributed by atoms with Crippen LogP contribution in [0.4, 0.5) is 0 Å². The van der Waals surface area contributed by atoms with Gasteiger partial charge in [-0.05, 0) is 12.8 Å². The first-order valence-electron chi connectivity index (χ1n) is 3.43. The van der Waals surface area contributed by atoms with Crippen molar-refractivity contribution in [1.82, 2.24) is 14.8 Å². The maximum absolute atomic E-state index is 5.57. The monoisotopic (exact) mass is 138 g/mol. The molecule has 1 fully saturated rings. The second-order valence-corrected chi connectivity index (χ2v) is 2.77. The predicted molar refractivity (Wildman–Crippen MR) is 36.3 cm³/mol. The fourth-order valence-corrected chi connectivity index (χ4v) is 1.12. The zero-order valence-corrected chi connectivity index (χ0v) is 5.70. The third kappa shape index (κ3) is 0.654. The van der Waals surface area contributed by atoms with Crippen molar-refractivity contribution in [3.8, 4) is 0 Å². The Morgan fingerprint density at radius 2 is 2.40 bits per heavy atom. The Balaban J connectivity index is 2.27. The molecular weight excluding hydrogens is 128 g/mol. The van der Waals surface area contributed by atoms with Gasteiger partial charge in [-0.15, -0.1) is 0 Å². The van der Waals surface area contributed by atoms with Crippen LogP contribution in [0.1, 0.15) is 12.8 Å². The molecule has 0 atom stereocenters. The molecule has 1 heterocycles. The highest BCUT2D eigenvalue weighted by atomic mass is 15.4. The molecule has 0 amide bonds. The summed E-state index contributed by atoms with van der Waals surface area (Å²) in [6.45, 7) is 0.677. The van der Waals surface area contributed by atoms with Crippen LogP contribution >= 0.6 is 0 Å². The van der Waals surface area contributed by atoms with Crippen molar-refractivity contribution in [2.45, 2.75) is 18.4 Å². The zero-order chi connectivity index (χ0) is 7.03. The van der Waals surface area contributed by atoms with Gasteiger partial charge in [-0.25, -0.2) is 9.67 Å². The van der Waals surface area contributed by atoms with Gasteiger partial charge in [0.25, 0.3) is 0 Å². The summed E-state index contributed by atoms with van der Waals surface area (Å²) in [5.74, 6) is 0. The van der Waals surface area contributed by atoms with Crippen LogP contribution in [0.25, 0.3) is 0 Å². The molecule has 0 radical (unpaired) electrons. The second-order valence-electron chi connectivity index (χ2n) is 2.77. The Labute approximate surface area is 59.1 Å². The van der Waals surface area contributed by atoms with E-state index in [0.29, 0.717) is 6.54 Å². The van der Waals surface area contributed by atoms with Gasteiger partial charge < -0.3 is 5.73 Å². The van der Waals surface area contributed by atoms with Gasteiger partial charge in [-0.1, -0.05) is 0 Å². The Morgan fingerprint density at radius 3 is 2.80 bits per heavy atom. The molecule has 10 heavy (non-hydrogen) atoms. The van der Waals surface area contributed by atoms with Crippen LogP contribution in [0, 0.1) is 0 Å². The minimum Gasteiger partial charge on any atom is -0.328 e. The molecule has 0 unspecified atom stereocenters. The van der Waals surface area contributed by atoms with E-state index >= 15 is 0 Å². The van der Waals surface area contributed by atoms with Crippen LogP contribution in [-0.4, -0.2) is 21.3 Å². The SMILES string of the molecule is NCC1(n2cncn2)CC1. The number of nitrogens with zero attached hydrogens (tertiary/aromatic N) is 3. The lowest BCUT2D eigenvalue weighted by Crippen LogP contribution is -2.27. The minimum absolute atomic E-state index is 0.135. The Bertz CT molecular complexity index is 212. The first-order valence-corrected chi connectivity index (χ1v) is 3.43. The summed E-state index contributed by atoms with van der Waals surface area (Å²) in [4.78, 5) is 3.87. The molecule has 0 saturated heterocycles. The summed E-state index contributed by atoms with van der Waals surface area (Å²) in [5, 5.41) is 4.05. The molecule has 0 aromatic carbocycles. The molecule has 1 saturated carbocycles. The molecule has 2 rings (SSSR count). The maximum Gasteiger partial charge on any atom is 0.137 e. The molecule has 54 valence electrons. The summed E-state index contributed by atoms with van der Waals surface area (Å²) in [7, 11) is 0. The molecule has 0 bridgehead atoms. The average molecular weight is 138 g/mol. The minimum atomic E-state index is 0.135. The van der Waals surface area contributed by atoms with Gasteiger partial charge in [0.1, 0.15) is 12.7 Å². The molecule has 0 aliphatic heterocycles. The van der Waals surface area contributed by atoms with Gasteiger partial charge in [-0.2, -0.15) is 5.10 Å². The summed E-state index contributed by atoms with van der Waals surface area (Å²) in [6.07, 6.45) is 5.58. The van der Waals surface area contributed by atoms with Gasteiger partial charge in [0.15, 0.2) is 0 Å².